The van der Waals surface area contributed by atoms with E-state index in [0.717, 1.165) is 0 Å². The summed E-state index contributed by atoms with van der Waals surface area (Å²) in [4.78, 5) is 10.4. The third kappa shape index (κ3) is 1.50. The molecule has 2 nitrogen and oxygen atoms in total. The Morgan fingerprint density at radius 2 is 2.00 bits per heavy atom. The Bertz CT molecular complexity index is 152. The lowest BCUT2D eigenvalue weighted by molar-refractivity contribution is -0.372. The first-order chi connectivity index (χ1) is 4.33. The molecule has 1 aliphatic carbocycles. The van der Waals surface area contributed by atoms with Gasteiger partial charge in [-0.2, -0.15) is 0 Å². The molecule has 0 saturated heterocycles. The Kier molecular flexibility index (Phi) is 1.80. The van der Waals surface area contributed by atoms with E-state index in [1.165, 1.54) is 12.2 Å². The molecule has 0 heterocycles. The minimum atomic E-state index is -0.166. The molecular weight excluding hydrogens is 116 g/mol. The summed E-state index contributed by atoms with van der Waals surface area (Å²) in [5.74, 6) is -0.0950. The second-order valence-corrected chi connectivity index (χ2v) is 1.95. The molecular formula is C7H7O2-. The first-order valence-electron chi connectivity index (χ1n) is 2.81. The zero-order chi connectivity index (χ0) is 6.69. The zero-order valence-electron chi connectivity index (χ0n) is 4.91. The third-order valence-corrected chi connectivity index (χ3v) is 1.21. The van der Waals surface area contributed by atoms with Crippen LogP contribution >= 0.6 is 0 Å². The standard InChI is InChI=1S/C7H7O2/c8-5-6-1-3-7(9)4-2-6/h1-4,6H,5H2/q-1. The highest BCUT2D eigenvalue weighted by Gasteiger charge is 1.99. The number of ketones is 1. The van der Waals surface area contributed by atoms with Gasteiger partial charge in [0.2, 0.25) is 0 Å². The molecule has 9 heavy (non-hydrogen) atoms. The Hall–Kier alpha value is -0.890. The van der Waals surface area contributed by atoms with Crippen LogP contribution in [0.3, 0.4) is 0 Å². The largest absolute Gasteiger partial charge is 0.854 e. The second-order valence-electron chi connectivity index (χ2n) is 1.95. The fraction of sp³-hybridized carbons (Fsp3) is 0.286. The van der Waals surface area contributed by atoms with E-state index in [9.17, 15) is 9.90 Å². The zero-order valence-corrected chi connectivity index (χ0v) is 4.91. The van der Waals surface area contributed by atoms with E-state index in [-0.39, 0.29) is 18.3 Å². The summed E-state index contributed by atoms with van der Waals surface area (Å²) in [6.45, 7) is -0.166. The number of carbonyl (C=O) groups is 1. The maximum atomic E-state index is 10.4. The van der Waals surface area contributed by atoms with Crippen LogP contribution in [0.2, 0.25) is 0 Å². The summed E-state index contributed by atoms with van der Waals surface area (Å²) < 4.78 is 0. The number of rotatable bonds is 1. The summed E-state index contributed by atoms with van der Waals surface area (Å²) >= 11 is 0. The lowest BCUT2D eigenvalue weighted by atomic mass is 10.0. The summed E-state index contributed by atoms with van der Waals surface area (Å²) in [5.41, 5.74) is 0. The molecule has 0 aromatic rings. The number of allylic oxidation sites excluding steroid dienone is 2. The van der Waals surface area contributed by atoms with Crippen LogP contribution in [0, 0.1) is 5.92 Å². The van der Waals surface area contributed by atoms with E-state index in [2.05, 4.69) is 0 Å². The number of hydrogen-bond acceptors (Lipinski definition) is 2. The molecule has 0 amide bonds. The third-order valence-electron chi connectivity index (χ3n) is 1.21. The van der Waals surface area contributed by atoms with Crippen molar-refractivity contribution in [2.24, 2.45) is 5.92 Å². The molecule has 2 heteroatoms. The molecule has 0 bridgehead atoms. The van der Waals surface area contributed by atoms with Gasteiger partial charge in [-0.25, -0.2) is 0 Å². The van der Waals surface area contributed by atoms with Gasteiger partial charge in [-0.3, -0.25) is 4.79 Å². The molecule has 0 aromatic heterocycles. The SMILES string of the molecule is O=C1C=CC(C[O-])C=C1. The number of hydrogen-bond donors (Lipinski definition) is 0. The molecule has 0 atom stereocenters. The van der Waals surface area contributed by atoms with E-state index in [1.54, 1.807) is 12.2 Å². The van der Waals surface area contributed by atoms with Crippen molar-refractivity contribution in [3.05, 3.63) is 24.3 Å². The summed E-state index contributed by atoms with van der Waals surface area (Å²) in [6, 6.07) is 0. The van der Waals surface area contributed by atoms with Crippen molar-refractivity contribution < 1.29 is 9.90 Å². The molecule has 0 saturated carbocycles. The molecule has 0 fully saturated rings. The predicted molar refractivity (Wildman–Crippen MR) is 31.6 cm³/mol. The molecule has 48 valence electrons. The van der Waals surface area contributed by atoms with Crippen molar-refractivity contribution in [1.82, 2.24) is 0 Å². The van der Waals surface area contributed by atoms with Crippen molar-refractivity contribution in [1.29, 1.82) is 0 Å². The van der Waals surface area contributed by atoms with Crippen molar-refractivity contribution in [3.63, 3.8) is 0 Å². The van der Waals surface area contributed by atoms with Crippen molar-refractivity contribution in [3.8, 4) is 0 Å². The highest BCUT2D eigenvalue weighted by Crippen LogP contribution is 2.03. The molecule has 0 radical (unpaired) electrons. The molecule has 0 spiro atoms. The van der Waals surface area contributed by atoms with E-state index < -0.39 is 0 Å². The Balaban J connectivity index is 2.58. The Morgan fingerprint density at radius 3 is 2.44 bits per heavy atom. The average Bonchev–Trinajstić information content (AvgIpc) is 1.90. The quantitative estimate of drug-likeness (QED) is 0.478. The van der Waals surface area contributed by atoms with Gasteiger partial charge in [-0.15, -0.1) is 6.61 Å². The normalized spacial score (nSPS) is 19.0. The van der Waals surface area contributed by atoms with Gasteiger partial charge >= 0.3 is 0 Å². The molecule has 0 N–H and O–H groups in total. The van der Waals surface area contributed by atoms with Crippen LogP contribution in [0.1, 0.15) is 0 Å². The van der Waals surface area contributed by atoms with Gasteiger partial charge in [0, 0.05) is 0 Å². The summed E-state index contributed by atoms with van der Waals surface area (Å²) in [5, 5.41) is 10.2. The van der Waals surface area contributed by atoms with Gasteiger partial charge in [-0.1, -0.05) is 12.2 Å². The highest BCUT2D eigenvalue weighted by atomic mass is 16.3. The van der Waals surface area contributed by atoms with Crippen molar-refractivity contribution >= 4 is 5.78 Å². The average molecular weight is 123 g/mol. The molecule has 1 aliphatic rings. The van der Waals surface area contributed by atoms with E-state index in [1.807, 2.05) is 0 Å². The Labute approximate surface area is 53.5 Å². The summed E-state index contributed by atoms with van der Waals surface area (Å²) in [7, 11) is 0. The predicted octanol–water partition coefficient (Wildman–Crippen LogP) is -0.342. The lowest BCUT2D eigenvalue weighted by Crippen LogP contribution is -2.16. The molecule has 0 unspecified atom stereocenters. The van der Waals surface area contributed by atoms with Crippen LogP contribution in [0.15, 0.2) is 24.3 Å². The van der Waals surface area contributed by atoms with Gasteiger partial charge in [0.1, 0.15) is 0 Å². The first-order valence-corrected chi connectivity index (χ1v) is 2.81. The van der Waals surface area contributed by atoms with Gasteiger partial charge in [0.05, 0.1) is 0 Å². The maximum absolute atomic E-state index is 10.4. The van der Waals surface area contributed by atoms with Crippen molar-refractivity contribution in [2.45, 2.75) is 0 Å². The highest BCUT2D eigenvalue weighted by molar-refractivity contribution is 6.00. The summed E-state index contributed by atoms with van der Waals surface area (Å²) in [6.07, 6.45) is 6.13. The maximum Gasteiger partial charge on any atom is 0.178 e. The lowest BCUT2D eigenvalue weighted by Gasteiger charge is -2.11. The second kappa shape index (κ2) is 2.60. The molecule has 0 aliphatic heterocycles. The van der Waals surface area contributed by atoms with Crippen LogP contribution in [-0.2, 0) is 4.79 Å². The van der Waals surface area contributed by atoms with Gasteiger partial charge in [-0.05, 0) is 18.1 Å². The monoisotopic (exact) mass is 123 g/mol. The van der Waals surface area contributed by atoms with Crippen LogP contribution in [-0.4, -0.2) is 12.4 Å². The smallest absolute Gasteiger partial charge is 0.178 e. The van der Waals surface area contributed by atoms with E-state index in [0.29, 0.717) is 0 Å². The van der Waals surface area contributed by atoms with Crippen molar-refractivity contribution in [2.75, 3.05) is 6.61 Å². The Morgan fingerprint density at radius 1 is 1.44 bits per heavy atom. The van der Waals surface area contributed by atoms with Crippen LogP contribution in [0.4, 0.5) is 0 Å². The van der Waals surface area contributed by atoms with E-state index >= 15 is 0 Å². The molecule has 0 aromatic carbocycles. The number of carbonyl (C=O) groups excluding carboxylic acids is 1. The fourth-order valence-electron chi connectivity index (χ4n) is 0.668. The molecule has 1 rings (SSSR count). The fourth-order valence-corrected chi connectivity index (χ4v) is 0.668. The topological polar surface area (TPSA) is 40.1 Å². The first kappa shape index (κ1) is 6.23. The van der Waals surface area contributed by atoms with Gasteiger partial charge < -0.3 is 5.11 Å². The van der Waals surface area contributed by atoms with Crippen LogP contribution in [0.25, 0.3) is 0 Å². The van der Waals surface area contributed by atoms with Gasteiger partial charge in [0.25, 0.3) is 0 Å². The minimum absolute atomic E-state index is 0.0281. The minimum Gasteiger partial charge on any atom is -0.854 e. The van der Waals surface area contributed by atoms with Crippen LogP contribution in [0.5, 0.6) is 0 Å². The van der Waals surface area contributed by atoms with Gasteiger partial charge in [0.15, 0.2) is 5.78 Å². The van der Waals surface area contributed by atoms with Crippen LogP contribution < -0.4 is 5.11 Å². The van der Waals surface area contributed by atoms with E-state index in [4.69, 9.17) is 0 Å².